The molecule has 2 aliphatic carbocycles. The molecule has 0 aromatic carbocycles. The molecule has 0 bridgehead atoms. The van der Waals surface area contributed by atoms with Gasteiger partial charge in [-0.2, -0.15) is 5.10 Å². The van der Waals surface area contributed by atoms with Gasteiger partial charge in [0.1, 0.15) is 0 Å². The van der Waals surface area contributed by atoms with E-state index in [1.54, 1.807) is 6.20 Å². The maximum atomic E-state index is 13.1. The lowest BCUT2D eigenvalue weighted by Gasteiger charge is -2.40. The zero-order valence-corrected chi connectivity index (χ0v) is 14.1. The van der Waals surface area contributed by atoms with E-state index in [2.05, 4.69) is 26.9 Å². The highest BCUT2D eigenvalue weighted by molar-refractivity contribution is 5.95. The number of aromatic amines is 1. The zero-order valence-electron chi connectivity index (χ0n) is 14.1. The molecule has 1 aromatic rings. The van der Waals surface area contributed by atoms with Crippen molar-refractivity contribution in [3.63, 3.8) is 0 Å². The van der Waals surface area contributed by atoms with E-state index in [9.17, 15) is 4.79 Å². The third kappa shape index (κ3) is 3.03. The highest BCUT2D eigenvalue weighted by Crippen LogP contribution is 2.34. The Morgan fingerprint density at radius 1 is 1.17 bits per heavy atom. The van der Waals surface area contributed by atoms with Crippen LogP contribution in [0.3, 0.4) is 0 Å². The van der Waals surface area contributed by atoms with Crippen molar-refractivity contribution in [1.29, 1.82) is 0 Å². The van der Waals surface area contributed by atoms with Crippen molar-refractivity contribution < 1.29 is 4.79 Å². The van der Waals surface area contributed by atoms with Crippen molar-refractivity contribution >= 4 is 5.91 Å². The van der Waals surface area contributed by atoms with E-state index in [-0.39, 0.29) is 5.91 Å². The number of aromatic nitrogens is 2. The van der Waals surface area contributed by atoms with Crippen LogP contribution in [0.15, 0.2) is 6.20 Å². The van der Waals surface area contributed by atoms with E-state index in [0.29, 0.717) is 12.0 Å². The van der Waals surface area contributed by atoms with E-state index in [1.165, 1.54) is 44.9 Å². The molecule has 2 saturated carbocycles. The second-order valence-corrected chi connectivity index (χ2v) is 7.61. The number of nitrogens with zero attached hydrogens (tertiary/aromatic N) is 3. The highest BCUT2D eigenvalue weighted by Gasteiger charge is 2.36. The molecule has 5 heteroatoms. The number of carbonyl (C=O) groups excluding carboxylic acids is 1. The number of hydrogen-bond donors (Lipinski definition) is 1. The summed E-state index contributed by atoms with van der Waals surface area (Å²) in [5.41, 5.74) is 1.91. The average molecular weight is 316 g/mol. The summed E-state index contributed by atoms with van der Waals surface area (Å²) < 4.78 is 0. The smallest absolute Gasteiger partial charge is 0.257 e. The molecular formula is C18H28N4O. The van der Waals surface area contributed by atoms with Gasteiger partial charge in [-0.3, -0.25) is 14.8 Å². The number of nitrogens with one attached hydrogen (secondary N) is 1. The van der Waals surface area contributed by atoms with Crippen molar-refractivity contribution in [1.82, 2.24) is 20.0 Å². The molecule has 1 atom stereocenters. The first kappa shape index (κ1) is 15.2. The van der Waals surface area contributed by atoms with Crippen LogP contribution in [0.25, 0.3) is 0 Å². The summed E-state index contributed by atoms with van der Waals surface area (Å²) in [7, 11) is 0. The van der Waals surface area contributed by atoms with Crippen molar-refractivity contribution in [2.24, 2.45) is 0 Å². The molecule has 1 saturated heterocycles. The van der Waals surface area contributed by atoms with Crippen LogP contribution >= 0.6 is 0 Å². The first-order chi connectivity index (χ1) is 11.2. The van der Waals surface area contributed by atoms with Crippen molar-refractivity contribution in [3.8, 4) is 0 Å². The van der Waals surface area contributed by atoms with Crippen molar-refractivity contribution in [2.75, 3.05) is 19.6 Å². The molecule has 1 amide bonds. The molecule has 1 N–H and O–H groups in total. The summed E-state index contributed by atoms with van der Waals surface area (Å²) in [6.45, 7) is 5.09. The van der Waals surface area contributed by atoms with Gasteiger partial charge in [0.25, 0.3) is 5.91 Å². The Kier molecular flexibility index (Phi) is 4.14. The van der Waals surface area contributed by atoms with Gasteiger partial charge in [-0.25, -0.2) is 0 Å². The molecule has 1 aromatic heterocycles. The molecule has 2 heterocycles. The number of hydrogen-bond acceptors (Lipinski definition) is 3. The molecule has 126 valence electrons. The maximum Gasteiger partial charge on any atom is 0.257 e. The Morgan fingerprint density at radius 2 is 1.96 bits per heavy atom. The van der Waals surface area contributed by atoms with E-state index in [4.69, 9.17) is 0 Å². The zero-order chi connectivity index (χ0) is 15.8. The largest absolute Gasteiger partial charge is 0.333 e. The third-order valence-electron chi connectivity index (χ3n) is 5.90. The lowest BCUT2D eigenvalue weighted by Crippen LogP contribution is -2.54. The van der Waals surface area contributed by atoms with Gasteiger partial charge in [-0.05, 0) is 32.6 Å². The standard InChI is InChI=1S/C18H28N4O/c1-13-12-21(15-7-8-15)9-10-22(13)18(23)16-11-19-20-17(16)14-5-3-2-4-6-14/h11,13-15H,2-10,12H2,1H3,(H,19,20). The fraction of sp³-hybridized carbons (Fsp3) is 0.778. The van der Waals surface area contributed by atoms with Crippen LogP contribution in [0, 0.1) is 0 Å². The Bertz CT molecular complexity index is 559. The van der Waals surface area contributed by atoms with Gasteiger partial charge in [0.15, 0.2) is 0 Å². The quantitative estimate of drug-likeness (QED) is 0.933. The Balaban J connectivity index is 1.47. The molecule has 5 nitrogen and oxygen atoms in total. The minimum absolute atomic E-state index is 0.183. The second-order valence-electron chi connectivity index (χ2n) is 7.61. The summed E-state index contributed by atoms with van der Waals surface area (Å²) in [5, 5.41) is 7.35. The van der Waals surface area contributed by atoms with Crippen LogP contribution < -0.4 is 0 Å². The Morgan fingerprint density at radius 3 is 2.65 bits per heavy atom. The number of amides is 1. The number of piperazine rings is 1. The monoisotopic (exact) mass is 316 g/mol. The molecular weight excluding hydrogens is 288 g/mol. The second kappa shape index (κ2) is 6.27. The Labute approximate surface area is 138 Å². The summed E-state index contributed by atoms with van der Waals surface area (Å²) >= 11 is 0. The predicted octanol–water partition coefficient (Wildman–Crippen LogP) is 2.77. The van der Waals surface area contributed by atoms with Crippen LogP contribution in [0.1, 0.15) is 73.8 Å². The summed E-state index contributed by atoms with van der Waals surface area (Å²) in [4.78, 5) is 17.7. The van der Waals surface area contributed by atoms with E-state index >= 15 is 0 Å². The van der Waals surface area contributed by atoms with Gasteiger partial charge >= 0.3 is 0 Å². The minimum Gasteiger partial charge on any atom is -0.333 e. The molecule has 0 radical (unpaired) electrons. The molecule has 1 unspecified atom stereocenters. The number of rotatable bonds is 3. The fourth-order valence-corrected chi connectivity index (χ4v) is 4.38. The van der Waals surface area contributed by atoms with Crippen molar-refractivity contribution in [2.45, 2.75) is 69.9 Å². The maximum absolute atomic E-state index is 13.1. The van der Waals surface area contributed by atoms with E-state index < -0.39 is 0 Å². The molecule has 3 fully saturated rings. The van der Waals surface area contributed by atoms with Gasteiger partial charge < -0.3 is 4.90 Å². The van der Waals surface area contributed by atoms with Crippen molar-refractivity contribution in [3.05, 3.63) is 17.5 Å². The lowest BCUT2D eigenvalue weighted by molar-refractivity contribution is 0.0472. The first-order valence-corrected chi connectivity index (χ1v) is 9.32. The lowest BCUT2D eigenvalue weighted by atomic mass is 9.85. The minimum atomic E-state index is 0.183. The molecule has 1 aliphatic heterocycles. The third-order valence-corrected chi connectivity index (χ3v) is 5.90. The van der Waals surface area contributed by atoms with Crippen LogP contribution in [0.2, 0.25) is 0 Å². The normalized spacial score (nSPS) is 27.3. The van der Waals surface area contributed by atoms with Gasteiger partial charge in [-0.15, -0.1) is 0 Å². The fourth-order valence-electron chi connectivity index (χ4n) is 4.38. The van der Waals surface area contributed by atoms with Gasteiger partial charge in [0.05, 0.1) is 17.5 Å². The Hall–Kier alpha value is -1.36. The van der Waals surface area contributed by atoms with Crippen LogP contribution in [0.4, 0.5) is 0 Å². The van der Waals surface area contributed by atoms with Gasteiger partial charge in [0.2, 0.25) is 0 Å². The predicted molar refractivity (Wildman–Crippen MR) is 89.5 cm³/mol. The summed E-state index contributed by atoms with van der Waals surface area (Å²) in [5.74, 6) is 0.676. The van der Waals surface area contributed by atoms with Crippen LogP contribution in [-0.4, -0.2) is 57.6 Å². The van der Waals surface area contributed by atoms with Crippen LogP contribution in [0.5, 0.6) is 0 Å². The van der Waals surface area contributed by atoms with Gasteiger partial charge in [0, 0.05) is 37.6 Å². The SMILES string of the molecule is CC1CN(C2CC2)CCN1C(=O)c1cn[nH]c1C1CCCCC1. The first-order valence-electron chi connectivity index (χ1n) is 9.32. The summed E-state index contributed by atoms with van der Waals surface area (Å²) in [6.07, 6.45) is 10.7. The molecule has 0 spiro atoms. The average Bonchev–Trinajstić information content (AvgIpc) is 3.31. The van der Waals surface area contributed by atoms with E-state index in [0.717, 1.165) is 36.9 Å². The van der Waals surface area contributed by atoms with Crippen LogP contribution in [-0.2, 0) is 0 Å². The molecule has 3 aliphatic rings. The number of H-pyrrole nitrogens is 1. The summed E-state index contributed by atoms with van der Waals surface area (Å²) in [6, 6.07) is 1.09. The van der Waals surface area contributed by atoms with E-state index in [1.807, 2.05) is 0 Å². The number of carbonyl (C=O) groups is 1. The molecule has 23 heavy (non-hydrogen) atoms. The molecule has 4 rings (SSSR count). The highest BCUT2D eigenvalue weighted by atomic mass is 16.2. The van der Waals surface area contributed by atoms with Gasteiger partial charge in [-0.1, -0.05) is 19.3 Å². The topological polar surface area (TPSA) is 52.2 Å².